The first-order valence-electron chi connectivity index (χ1n) is 6.15. The van der Waals surface area contributed by atoms with E-state index in [1.165, 1.54) is 0 Å². The summed E-state index contributed by atoms with van der Waals surface area (Å²) >= 11 is 7.40. The van der Waals surface area contributed by atoms with Crippen LogP contribution in [0.4, 0.5) is 0 Å². The van der Waals surface area contributed by atoms with Gasteiger partial charge in [0.15, 0.2) is 0 Å². The lowest BCUT2D eigenvalue weighted by Gasteiger charge is -2.17. The Morgan fingerprint density at radius 1 is 1.33 bits per heavy atom. The summed E-state index contributed by atoms with van der Waals surface area (Å²) in [5, 5.41) is 2.98. The molecular weight excluding hydrogens is 266 g/mol. The number of alkyl halides is 1. The number of carbonyl (C=O) groups excluding carboxylic acids is 1. The zero-order valence-electron chi connectivity index (χ0n) is 10.9. The standard InChI is InChI=1S/C14H20ClNOS/c1-11(2)8-12(9-15)16-14(17)10-18-13-6-4-3-5-7-13/h3-7,11-12H,8-10H2,1-2H3,(H,16,17). The number of benzene rings is 1. The van der Waals surface area contributed by atoms with Crippen LogP contribution in [-0.4, -0.2) is 23.6 Å². The van der Waals surface area contributed by atoms with Crippen molar-refractivity contribution >= 4 is 29.3 Å². The highest BCUT2D eigenvalue weighted by Crippen LogP contribution is 2.16. The van der Waals surface area contributed by atoms with Crippen LogP contribution in [0.3, 0.4) is 0 Å². The maximum Gasteiger partial charge on any atom is 0.230 e. The first-order valence-corrected chi connectivity index (χ1v) is 7.67. The molecule has 4 heteroatoms. The number of carbonyl (C=O) groups is 1. The first-order chi connectivity index (χ1) is 8.61. The molecule has 100 valence electrons. The zero-order valence-corrected chi connectivity index (χ0v) is 12.4. The Bertz CT molecular complexity index is 356. The monoisotopic (exact) mass is 285 g/mol. The van der Waals surface area contributed by atoms with E-state index in [0.29, 0.717) is 17.6 Å². The van der Waals surface area contributed by atoms with E-state index in [2.05, 4.69) is 19.2 Å². The molecule has 1 rings (SSSR count). The van der Waals surface area contributed by atoms with Crippen molar-refractivity contribution in [3.05, 3.63) is 30.3 Å². The summed E-state index contributed by atoms with van der Waals surface area (Å²) in [6, 6.07) is 10.0. The minimum absolute atomic E-state index is 0.0511. The average molecular weight is 286 g/mol. The third-order valence-electron chi connectivity index (χ3n) is 2.42. The summed E-state index contributed by atoms with van der Waals surface area (Å²) in [7, 11) is 0. The molecule has 0 aliphatic carbocycles. The highest BCUT2D eigenvalue weighted by atomic mass is 35.5. The van der Waals surface area contributed by atoms with Gasteiger partial charge in [-0.2, -0.15) is 0 Å². The van der Waals surface area contributed by atoms with E-state index >= 15 is 0 Å². The maximum absolute atomic E-state index is 11.8. The lowest BCUT2D eigenvalue weighted by atomic mass is 10.1. The van der Waals surface area contributed by atoms with Crippen LogP contribution < -0.4 is 5.32 Å². The van der Waals surface area contributed by atoms with Crippen molar-refractivity contribution < 1.29 is 4.79 Å². The topological polar surface area (TPSA) is 29.1 Å². The number of hydrogen-bond donors (Lipinski definition) is 1. The second-order valence-electron chi connectivity index (χ2n) is 4.65. The Kier molecular flexibility index (Phi) is 7.21. The largest absolute Gasteiger partial charge is 0.351 e. The molecular formula is C14H20ClNOS. The molecule has 0 aromatic heterocycles. The summed E-state index contributed by atoms with van der Waals surface area (Å²) in [6.07, 6.45) is 0.922. The highest BCUT2D eigenvalue weighted by Gasteiger charge is 2.12. The van der Waals surface area contributed by atoms with E-state index in [1.54, 1.807) is 11.8 Å². The fourth-order valence-corrected chi connectivity index (χ4v) is 2.60. The molecule has 0 radical (unpaired) electrons. The van der Waals surface area contributed by atoms with Crippen LogP contribution in [0.25, 0.3) is 0 Å². The molecule has 0 aliphatic heterocycles. The van der Waals surface area contributed by atoms with E-state index in [0.717, 1.165) is 11.3 Å². The van der Waals surface area contributed by atoms with Gasteiger partial charge in [0.25, 0.3) is 0 Å². The van der Waals surface area contributed by atoms with Crippen LogP contribution in [-0.2, 0) is 4.79 Å². The van der Waals surface area contributed by atoms with Crippen molar-refractivity contribution in [2.24, 2.45) is 5.92 Å². The molecule has 0 saturated heterocycles. The number of nitrogens with one attached hydrogen (secondary N) is 1. The minimum atomic E-state index is 0.0511. The Balaban J connectivity index is 2.32. The maximum atomic E-state index is 11.8. The van der Waals surface area contributed by atoms with E-state index in [4.69, 9.17) is 11.6 Å². The molecule has 1 aromatic carbocycles. The molecule has 0 fully saturated rings. The van der Waals surface area contributed by atoms with Gasteiger partial charge in [-0.25, -0.2) is 0 Å². The zero-order chi connectivity index (χ0) is 13.4. The molecule has 0 spiro atoms. The van der Waals surface area contributed by atoms with Gasteiger partial charge < -0.3 is 5.32 Å². The third kappa shape index (κ3) is 6.31. The predicted molar refractivity (Wildman–Crippen MR) is 79.3 cm³/mol. The molecule has 1 amide bonds. The van der Waals surface area contributed by atoms with E-state index in [1.807, 2.05) is 30.3 Å². The van der Waals surface area contributed by atoms with Gasteiger partial charge in [0.05, 0.1) is 5.75 Å². The van der Waals surface area contributed by atoms with Gasteiger partial charge in [0.1, 0.15) is 0 Å². The molecule has 18 heavy (non-hydrogen) atoms. The third-order valence-corrected chi connectivity index (χ3v) is 3.80. The van der Waals surface area contributed by atoms with E-state index < -0.39 is 0 Å². The number of rotatable bonds is 7. The SMILES string of the molecule is CC(C)CC(CCl)NC(=O)CSc1ccccc1. The molecule has 1 aromatic rings. The summed E-state index contributed by atoms with van der Waals surface area (Å²) in [4.78, 5) is 12.9. The minimum Gasteiger partial charge on any atom is -0.351 e. The van der Waals surface area contributed by atoms with E-state index in [-0.39, 0.29) is 11.9 Å². The highest BCUT2D eigenvalue weighted by molar-refractivity contribution is 8.00. The average Bonchev–Trinajstić information content (AvgIpc) is 2.36. The van der Waals surface area contributed by atoms with Crippen molar-refractivity contribution in [3.8, 4) is 0 Å². The molecule has 0 heterocycles. The smallest absolute Gasteiger partial charge is 0.230 e. The number of halogens is 1. The van der Waals surface area contributed by atoms with Gasteiger partial charge in [-0.1, -0.05) is 32.0 Å². The van der Waals surface area contributed by atoms with Gasteiger partial charge in [0, 0.05) is 16.8 Å². The molecule has 1 unspecified atom stereocenters. The molecule has 0 bridgehead atoms. The Hall–Kier alpha value is -0.670. The van der Waals surface area contributed by atoms with Crippen molar-refractivity contribution in [3.63, 3.8) is 0 Å². The Morgan fingerprint density at radius 3 is 2.56 bits per heavy atom. The van der Waals surface area contributed by atoms with Gasteiger partial charge in [-0.05, 0) is 24.5 Å². The van der Waals surface area contributed by atoms with Crippen molar-refractivity contribution in [1.29, 1.82) is 0 Å². The lowest BCUT2D eigenvalue weighted by molar-refractivity contribution is -0.119. The van der Waals surface area contributed by atoms with Gasteiger partial charge in [-0.3, -0.25) is 4.79 Å². The lowest BCUT2D eigenvalue weighted by Crippen LogP contribution is -2.38. The van der Waals surface area contributed by atoms with E-state index in [9.17, 15) is 4.79 Å². The summed E-state index contributed by atoms with van der Waals surface area (Å²) in [5.74, 6) is 1.50. The normalized spacial score (nSPS) is 12.4. The van der Waals surface area contributed by atoms with Crippen molar-refractivity contribution in [2.45, 2.75) is 31.2 Å². The number of amides is 1. The Morgan fingerprint density at radius 2 is 2.00 bits per heavy atom. The van der Waals surface area contributed by atoms with Gasteiger partial charge in [0.2, 0.25) is 5.91 Å². The molecule has 1 atom stereocenters. The fraction of sp³-hybridized carbons (Fsp3) is 0.500. The van der Waals surface area contributed by atoms with Crippen LogP contribution in [0, 0.1) is 5.92 Å². The van der Waals surface area contributed by atoms with Crippen molar-refractivity contribution in [1.82, 2.24) is 5.32 Å². The van der Waals surface area contributed by atoms with Crippen LogP contribution in [0.2, 0.25) is 0 Å². The van der Waals surface area contributed by atoms with Crippen LogP contribution in [0.15, 0.2) is 35.2 Å². The van der Waals surface area contributed by atoms with Gasteiger partial charge >= 0.3 is 0 Å². The number of thioether (sulfide) groups is 1. The molecule has 0 aliphatic rings. The molecule has 2 nitrogen and oxygen atoms in total. The van der Waals surface area contributed by atoms with Crippen LogP contribution in [0.1, 0.15) is 20.3 Å². The number of hydrogen-bond acceptors (Lipinski definition) is 2. The first kappa shape index (κ1) is 15.4. The summed E-state index contributed by atoms with van der Waals surface area (Å²) < 4.78 is 0. The second kappa shape index (κ2) is 8.44. The quantitative estimate of drug-likeness (QED) is 0.613. The molecule has 1 N–H and O–H groups in total. The summed E-state index contributed by atoms with van der Waals surface area (Å²) in [6.45, 7) is 4.26. The van der Waals surface area contributed by atoms with Crippen LogP contribution >= 0.6 is 23.4 Å². The Labute approximate surface area is 118 Å². The van der Waals surface area contributed by atoms with Crippen molar-refractivity contribution in [2.75, 3.05) is 11.6 Å². The summed E-state index contributed by atoms with van der Waals surface area (Å²) in [5.41, 5.74) is 0. The fourth-order valence-electron chi connectivity index (χ4n) is 1.66. The van der Waals surface area contributed by atoms with Gasteiger partial charge in [-0.15, -0.1) is 23.4 Å². The molecule has 0 saturated carbocycles. The predicted octanol–water partition coefficient (Wildman–Crippen LogP) is 3.55. The second-order valence-corrected chi connectivity index (χ2v) is 6.01. The van der Waals surface area contributed by atoms with Crippen LogP contribution in [0.5, 0.6) is 0 Å².